The fourth-order valence-electron chi connectivity index (χ4n) is 3.95. The number of nitrogens with zero attached hydrogens (tertiary/aromatic N) is 3. The quantitative estimate of drug-likeness (QED) is 0.716. The van der Waals surface area contributed by atoms with Crippen LogP contribution in [0.2, 0.25) is 0 Å². The third kappa shape index (κ3) is 5.04. The van der Waals surface area contributed by atoms with E-state index < -0.39 is 0 Å². The maximum absolute atomic E-state index is 2.60. The van der Waals surface area contributed by atoms with Crippen LogP contribution in [0, 0.1) is 6.92 Å². The van der Waals surface area contributed by atoms with Gasteiger partial charge in [-0.1, -0.05) is 30.7 Å². The first-order valence-electron chi connectivity index (χ1n) is 9.16. The van der Waals surface area contributed by atoms with Crippen molar-refractivity contribution in [2.75, 3.05) is 27.2 Å². The van der Waals surface area contributed by atoms with Crippen LogP contribution in [0.25, 0.3) is 0 Å². The zero-order chi connectivity index (χ0) is 17.1. The fraction of sp³-hybridized carbons (Fsp3) is 0.524. The van der Waals surface area contributed by atoms with E-state index in [0.717, 1.165) is 6.54 Å². The first kappa shape index (κ1) is 23.0. The number of rotatable bonds is 5. The number of halogens is 2. The highest BCUT2D eigenvalue weighted by Gasteiger charge is 2.22. The van der Waals surface area contributed by atoms with E-state index in [1.165, 1.54) is 54.9 Å². The highest BCUT2D eigenvalue weighted by molar-refractivity contribution is 5.85. The van der Waals surface area contributed by atoms with Crippen LogP contribution in [0.1, 0.15) is 47.8 Å². The van der Waals surface area contributed by atoms with Crippen molar-refractivity contribution >= 4 is 24.8 Å². The lowest BCUT2D eigenvalue weighted by Gasteiger charge is -2.29. The molecular formula is C21H33Cl2N3. The summed E-state index contributed by atoms with van der Waals surface area (Å²) in [5, 5.41) is 0. The van der Waals surface area contributed by atoms with E-state index in [4.69, 9.17) is 0 Å². The van der Waals surface area contributed by atoms with Gasteiger partial charge in [0, 0.05) is 25.0 Å². The highest BCUT2D eigenvalue weighted by atomic mass is 35.5. The van der Waals surface area contributed by atoms with Crippen LogP contribution < -0.4 is 0 Å². The molecule has 0 aliphatic carbocycles. The Bertz CT molecular complexity index is 676. The largest absolute Gasteiger partial charge is 0.349 e. The van der Waals surface area contributed by atoms with Crippen molar-refractivity contribution in [2.45, 2.75) is 38.8 Å². The predicted molar refractivity (Wildman–Crippen MR) is 116 cm³/mol. The molecule has 0 bridgehead atoms. The Hall–Kier alpha value is -1.000. The van der Waals surface area contributed by atoms with E-state index in [9.17, 15) is 0 Å². The summed E-state index contributed by atoms with van der Waals surface area (Å²) in [7, 11) is 6.58. The molecule has 1 saturated heterocycles. The van der Waals surface area contributed by atoms with Crippen molar-refractivity contribution in [3.8, 4) is 0 Å². The van der Waals surface area contributed by atoms with Crippen LogP contribution in [0.15, 0.2) is 36.4 Å². The van der Waals surface area contributed by atoms with Crippen LogP contribution >= 0.6 is 24.8 Å². The van der Waals surface area contributed by atoms with Gasteiger partial charge in [-0.3, -0.25) is 9.80 Å². The van der Waals surface area contributed by atoms with Gasteiger partial charge < -0.3 is 4.57 Å². The number of benzene rings is 1. The van der Waals surface area contributed by atoms with Gasteiger partial charge in [0.15, 0.2) is 0 Å². The Morgan fingerprint density at radius 1 is 0.962 bits per heavy atom. The predicted octanol–water partition coefficient (Wildman–Crippen LogP) is 4.81. The van der Waals surface area contributed by atoms with E-state index in [0.29, 0.717) is 6.04 Å². The van der Waals surface area contributed by atoms with Gasteiger partial charge in [0.1, 0.15) is 0 Å². The first-order chi connectivity index (χ1) is 11.6. The summed E-state index contributed by atoms with van der Waals surface area (Å²) in [5.41, 5.74) is 5.55. The summed E-state index contributed by atoms with van der Waals surface area (Å²) < 4.78 is 2.41. The Kier molecular flexibility index (Phi) is 9.18. The highest BCUT2D eigenvalue weighted by Crippen LogP contribution is 2.30. The lowest BCUT2D eigenvalue weighted by molar-refractivity contribution is 0.216. The van der Waals surface area contributed by atoms with E-state index in [-0.39, 0.29) is 24.8 Å². The minimum atomic E-state index is 0. The summed E-state index contributed by atoms with van der Waals surface area (Å²) in [6, 6.07) is 13.7. The van der Waals surface area contributed by atoms with Crippen LogP contribution in [0.3, 0.4) is 0 Å². The van der Waals surface area contributed by atoms with Gasteiger partial charge in [-0.2, -0.15) is 0 Å². The Balaban J connectivity index is 0.00000169. The SMILES string of the molecule is Cc1ccccc1C(c1ccc(CN2CCCCC2)n1C)N(C)C.Cl.Cl. The third-order valence-electron chi connectivity index (χ3n) is 5.38. The maximum Gasteiger partial charge on any atom is 0.0753 e. The number of hydrogen-bond acceptors (Lipinski definition) is 2. The molecule has 1 atom stereocenters. The van der Waals surface area contributed by atoms with Crippen molar-refractivity contribution in [1.82, 2.24) is 14.4 Å². The molecule has 146 valence electrons. The number of likely N-dealkylation sites (tertiary alicyclic amines) is 1. The summed E-state index contributed by atoms with van der Waals surface area (Å²) in [6.45, 7) is 5.78. The topological polar surface area (TPSA) is 11.4 Å². The number of aromatic nitrogens is 1. The fourth-order valence-corrected chi connectivity index (χ4v) is 3.95. The minimum absolute atomic E-state index is 0. The molecule has 0 N–H and O–H groups in total. The lowest BCUT2D eigenvalue weighted by atomic mass is 9.98. The van der Waals surface area contributed by atoms with Crippen molar-refractivity contribution < 1.29 is 0 Å². The second kappa shape index (κ2) is 10.4. The molecule has 1 aromatic heterocycles. The average Bonchev–Trinajstić information content (AvgIpc) is 2.91. The van der Waals surface area contributed by atoms with Gasteiger partial charge in [0.2, 0.25) is 0 Å². The van der Waals surface area contributed by atoms with Gasteiger partial charge in [0.25, 0.3) is 0 Å². The van der Waals surface area contributed by atoms with Crippen LogP contribution in [-0.4, -0.2) is 41.6 Å². The van der Waals surface area contributed by atoms with Crippen molar-refractivity contribution in [2.24, 2.45) is 7.05 Å². The molecule has 0 spiro atoms. The third-order valence-corrected chi connectivity index (χ3v) is 5.38. The molecule has 5 heteroatoms. The first-order valence-corrected chi connectivity index (χ1v) is 9.16. The number of aryl methyl sites for hydroxylation is 1. The normalized spacial score (nSPS) is 16.0. The number of piperidine rings is 1. The van der Waals surface area contributed by atoms with E-state index in [1.54, 1.807) is 0 Å². The Morgan fingerprint density at radius 3 is 2.23 bits per heavy atom. The van der Waals surface area contributed by atoms with Gasteiger partial charge in [-0.05, 0) is 70.2 Å². The summed E-state index contributed by atoms with van der Waals surface area (Å²) >= 11 is 0. The van der Waals surface area contributed by atoms with Crippen molar-refractivity contribution in [3.63, 3.8) is 0 Å². The van der Waals surface area contributed by atoms with Crippen LogP contribution in [-0.2, 0) is 13.6 Å². The molecule has 1 aromatic carbocycles. The van der Waals surface area contributed by atoms with E-state index in [2.05, 4.69) is 78.8 Å². The summed E-state index contributed by atoms with van der Waals surface area (Å²) in [4.78, 5) is 4.92. The molecule has 0 radical (unpaired) electrons. The standard InChI is InChI=1S/C21H31N3.2ClH/c1-17-10-6-7-11-19(17)21(22(2)3)20-13-12-18(23(20)4)16-24-14-8-5-9-15-24;;/h6-7,10-13,21H,5,8-9,14-16H2,1-4H3;2*1H. The van der Waals surface area contributed by atoms with Gasteiger partial charge in [-0.15, -0.1) is 24.8 Å². The molecule has 1 fully saturated rings. The Morgan fingerprint density at radius 2 is 1.62 bits per heavy atom. The summed E-state index contributed by atoms with van der Waals surface area (Å²) in [5.74, 6) is 0. The molecule has 1 aliphatic heterocycles. The molecule has 3 rings (SSSR count). The van der Waals surface area contributed by atoms with E-state index in [1.807, 2.05) is 0 Å². The second-order valence-corrected chi connectivity index (χ2v) is 7.37. The Labute approximate surface area is 171 Å². The molecule has 0 amide bonds. The molecule has 3 nitrogen and oxygen atoms in total. The maximum atomic E-state index is 2.60. The lowest BCUT2D eigenvalue weighted by Crippen LogP contribution is -2.30. The smallest absolute Gasteiger partial charge is 0.0753 e. The van der Waals surface area contributed by atoms with Gasteiger partial charge in [-0.25, -0.2) is 0 Å². The molecule has 2 aromatic rings. The minimum Gasteiger partial charge on any atom is -0.349 e. The zero-order valence-electron chi connectivity index (χ0n) is 16.4. The van der Waals surface area contributed by atoms with Crippen molar-refractivity contribution in [3.05, 3.63) is 58.9 Å². The van der Waals surface area contributed by atoms with Crippen molar-refractivity contribution in [1.29, 1.82) is 0 Å². The molecule has 26 heavy (non-hydrogen) atoms. The summed E-state index contributed by atoms with van der Waals surface area (Å²) in [6.07, 6.45) is 4.09. The van der Waals surface area contributed by atoms with E-state index >= 15 is 0 Å². The molecule has 1 unspecified atom stereocenters. The monoisotopic (exact) mass is 397 g/mol. The molecular weight excluding hydrogens is 365 g/mol. The number of hydrogen-bond donors (Lipinski definition) is 0. The van der Waals surface area contributed by atoms with Crippen LogP contribution in [0.5, 0.6) is 0 Å². The average molecular weight is 398 g/mol. The molecule has 0 saturated carbocycles. The van der Waals surface area contributed by atoms with Gasteiger partial charge >= 0.3 is 0 Å². The van der Waals surface area contributed by atoms with Crippen LogP contribution in [0.4, 0.5) is 0 Å². The molecule has 2 heterocycles. The molecule has 1 aliphatic rings. The van der Waals surface area contributed by atoms with Gasteiger partial charge in [0.05, 0.1) is 6.04 Å². The second-order valence-electron chi connectivity index (χ2n) is 7.37. The zero-order valence-corrected chi connectivity index (χ0v) is 18.1.